The van der Waals surface area contributed by atoms with Crippen LogP contribution in [0.1, 0.15) is 12.1 Å². The minimum Gasteiger partial charge on any atom is -0.481 e. The first-order valence-corrected chi connectivity index (χ1v) is 7.52. The third-order valence-corrected chi connectivity index (χ3v) is 4.43. The van der Waals surface area contributed by atoms with Crippen molar-refractivity contribution in [1.29, 1.82) is 0 Å². The number of hydrogen-bond acceptors (Lipinski definition) is 4. The van der Waals surface area contributed by atoms with Crippen molar-refractivity contribution in [2.24, 2.45) is 5.92 Å². The zero-order valence-corrected chi connectivity index (χ0v) is 12.0. The third kappa shape index (κ3) is 2.95. The molecule has 1 aromatic heterocycles. The van der Waals surface area contributed by atoms with E-state index in [2.05, 4.69) is 4.98 Å². The van der Waals surface area contributed by atoms with Gasteiger partial charge in [0.25, 0.3) is 0 Å². The quantitative estimate of drug-likeness (QED) is 0.940. The van der Waals surface area contributed by atoms with E-state index >= 15 is 0 Å². The Kier molecular flexibility index (Phi) is 3.70. The number of rotatable bonds is 4. The average Bonchev–Trinajstić information content (AvgIpc) is 3.08. The molecule has 21 heavy (non-hydrogen) atoms. The van der Waals surface area contributed by atoms with Crippen LogP contribution in [0.3, 0.4) is 0 Å². The summed E-state index contributed by atoms with van der Waals surface area (Å²) in [5.41, 5.74) is 1.85. The first kappa shape index (κ1) is 13.8. The van der Waals surface area contributed by atoms with Crippen LogP contribution in [0.25, 0.3) is 10.6 Å². The van der Waals surface area contributed by atoms with E-state index in [1.165, 1.54) is 11.3 Å². The summed E-state index contributed by atoms with van der Waals surface area (Å²) in [6, 6.07) is 9.84. The van der Waals surface area contributed by atoms with E-state index in [4.69, 9.17) is 5.11 Å². The summed E-state index contributed by atoms with van der Waals surface area (Å²) in [5.74, 6) is -1.62. The van der Waals surface area contributed by atoms with Crippen molar-refractivity contribution < 1.29 is 14.7 Å². The molecular formula is C15H14N2O3S. The van der Waals surface area contributed by atoms with E-state index < -0.39 is 11.9 Å². The molecule has 0 radical (unpaired) electrons. The van der Waals surface area contributed by atoms with Gasteiger partial charge in [0.05, 0.1) is 18.2 Å². The van der Waals surface area contributed by atoms with Gasteiger partial charge in [0.2, 0.25) is 5.91 Å². The summed E-state index contributed by atoms with van der Waals surface area (Å²) >= 11 is 1.53. The largest absolute Gasteiger partial charge is 0.481 e. The van der Waals surface area contributed by atoms with Gasteiger partial charge in [-0.05, 0) is 0 Å². The van der Waals surface area contributed by atoms with Gasteiger partial charge in [0.15, 0.2) is 0 Å². The maximum Gasteiger partial charge on any atom is 0.308 e. The molecule has 1 saturated heterocycles. The highest BCUT2D eigenvalue weighted by Crippen LogP contribution is 2.25. The highest BCUT2D eigenvalue weighted by molar-refractivity contribution is 7.13. The second-order valence-electron chi connectivity index (χ2n) is 5.02. The van der Waals surface area contributed by atoms with Crippen LogP contribution in [0.4, 0.5) is 0 Å². The summed E-state index contributed by atoms with van der Waals surface area (Å²) in [6.07, 6.45) is 0.0883. The zero-order chi connectivity index (χ0) is 14.8. The van der Waals surface area contributed by atoms with Gasteiger partial charge >= 0.3 is 5.97 Å². The van der Waals surface area contributed by atoms with E-state index in [0.717, 1.165) is 16.3 Å². The maximum absolute atomic E-state index is 11.8. The van der Waals surface area contributed by atoms with Crippen LogP contribution in [0.5, 0.6) is 0 Å². The molecule has 1 atom stereocenters. The number of carboxylic acid groups (broad SMARTS) is 1. The zero-order valence-electron chi connectivity index (χ0n) is 11.2. The summed E-state index contributed by atoms with van der Waals surface area (Å²) in [4.78, 5) is 28.8. The second-order valence-corrected chi connectivity index (χ2v) is 5.88. The number of carbonyl (C=O) groups is 2. The van der Waals surface area contributed by atoms with E-state index in [1.54, 1.807) is 4.90 Å². The molecule has 2 heterocycles. The molecule has 6 heteroatoms. The molecule has 1 fully saturated rings. The van der Waals surface area contributed by atoms with Crippen molar-refractivity contribution in [3.63, 3.8) is 0 Å². The molecule has 0 saturated carbocycles. The molecule has 0 spiro atoms. The van der Waals surface area contributed by atoms with Crippen molar-refractivity contribution in [2.75, 3.05) is 6.54 Å². The number of aliphatic carboxylic acids is 1. The van der Waals surface area contributed by atoms with Gasteiger partial charge in [-0.3, -0.25) is 9.59 Å². The number of aromatic nitrogens is 1. The molecule has 3 rings (SSSR count). The van der Waals surface area contributed by atoms with Crippen LogP contribution in [0.2, 0.25) is 0 Å². The number of carbonyl (C=O) groups excluding carboxylic acids is 1. The van der Waals surface area contributed by atoms with E-state index in [1.807, 2.05) is 35.7 Å². The normalized spacial score (nSPS) is 18.2. The Labute approximate surface area is 125 Å². The summed E-state index contributed by atoms with van der Waals surface area (Å²) < 4.78 is 0. The van der Waals surface area contributed by atoms with E-state index in [9.17, 15) is 9.59 Å². The Bertz CT molecular complexity index is 669. The van der Waals surface area contributed by atoms with Gasteiger partial charge in [0.1, 0.15) is 5.01 Å². The highest BCUT2D eigenvalue weighted by Gasteiger charge is 2.34. The summed E-state index contributed by atoms with van der Waals surface area (Å²) in [7, 11) is 0. The number of nitrogens with zero attached hydrogens (tertiary/aromatic N) is 2. The molecule has 1 unspecified atom stereocenters. The van der Waals surface area contributed by atoms with E-state index in [0.29, 0.717) is 6.54 Å². The predicted molar refractivity (Wildman–Crippen MR) is 78.7 cm³/mol. The van der Waals surface area contributed by atoms with Crippen LogP contribution < -0.4 is 0 Å². The number of thiazole rings is 1. The minimum absolute atomic E-state index is 0.0883. The Morgan fingerprint density at radius 1 is 1.38 bits per heavy atom. The summed E-state index contributed by atoms with van der Waals surface area (Å²) in [6.45, 7) is 0.651. The first-order valence-electron chi connectivity index (χ1n) is 6.64. The molecular weight excluding hydrogens is 288 g/mol. The lowest BCUT2D eigenvalue weighted by Crippen LogP contribution is -2.25. The summed E-state index contributed by atoms with van der Waals surface area (Å²) in [5, 5.41) is 11.8. The molecule has 5 nitrogen and oxygen atoms in total. The fourth-order valence-corrected chi connectivity index (χ4v) is 3.20. The Morgan fingerprint density at radius 3 is 2.81 bits per heavy atom. The van der Waals surface area contributed by atoms with E-state index in [-0.39, 0.29) is 18.9 Å². The molecule has 1 aliphatic heterocycles. The topological polar surface area (TPSA) is 70.5 Å². The van der Waals surface area contributed by atoms with Crippen LogP contribution in [0, 0.1) is 5.92 Å². The van der Waals surface area contributed by atoms with Gasteiger partial charge in [-0.2, -0.15) is 0 Å². The molecule has 1 N–H and O–H groups in total. The van der Waals surface area contributed by atoms with Gasteiger partial charge < -0.3 is 10.0 Å². The van der Waals surface area contributed by atoms with Gasteiger partial charge in [-0.25, -0.2) is 4.98 Å². The predicted octanol–water partition coefficient (Wildman–Crippen LogP) is 2.24. The van der Waals surface area contributed by atoms with Crippen LogP contribution in [0.15, 0.2) is 35.7 Å². The molecule has 1 aromatic carbocycles. The van der Waals surface area contributed by atoms with Crippen LogP contribution in [-0.2, 0) is 16.1 Å². The Morgan fingerprint density at radius 2 is 2.14 bits per heavy atom. The lowest BCUT2D eigenvalue weighted by molar-refractivity contribution is -0.141. The van der Waals surface area contributed by atoms with Gasteiger partial charge in [-0.15, -0.1) is 11.3 Å². The lowest BCUT2D eigenvalue weighted by atomic mass is 10.1. The van der Waals surface area contributed by atoms with Crippen LogP contribution in [-0.4, -0.2) is 33.4 Å². The van der Waals surface area contributed by atoms with Crippen molar-refractivity contribution in [3.8, 4) is 10.6 Å². The standard InChI is InChI=1S/C15H14N2O3S/c18-13-6-11(15(19)20)7-17(13)8-12-9-21-14(16-12)10-4-2-1-3-5-10/h1-5,9,11H,6-8H2,(H,19,20). The van der Waals surface area contributed by atoms with Crippen molar-refractivity contribution in [1.82, 2.24) is 9.88 Å². The molecule has 1 aliphatic rings. The molecule has 108 valence electrons. The van der Waals surface area contributed by atoms with Crippen molar-refractivity contribution >= 4 is 23.2 Å². The number of likely N-dealkylation sites (tertiary alicyclic amines) is 1. The average molecular weight is 302 g/mol. The number of benzene rings is 1. The third-order valence-electron chi connectivity index (χ3n) is 3.49. The Balaban J connectivity index is 1.71. The Hall–Kier alpha value is -2.21. The first-order chi connectivity index (χ1) is 10.1. The fraction of sp³-hybridized carbons (Fsp3) is 0.267. The SMILES string of the molecule is O=C(O)C1CC(=O)N(Cc2csc(-c3ccccc3)n2)C1. The minimum atomic E-state index is -0.908. The second kappa shape index (κ2) is 5.65. The monoisotopic (exact) mass is 302 g/mol. The van der Waals surface area contributed by atoms with Crippen molar-refractivity contribution in [2.45, 2.75) is 13.0 Å². The lowest BCUT2D eigenvalue weighted by Gasteiger charge is -2.13. The number of amides is 1. The smallest absolute Gasteiger partial charge is 0.308 e. The number of hydrogen-bond donors (Lipinski definition) is 1. The van der Waals surface area contributed by atoms with Gasteiger partial charge in [0, 0.05) is 23.9 Å². The number of carboxylic acids is 1. The molecule has 1 amide bonds. The molecule has 0 bridgehead atoms. The highest BCUT2D eigenvalue weighted by atomic mass is 32.1. The molecule has 0 aliphatic carbocycles. The molecule has 2 aromatic rings. The van der Waals surface area contributed by atoms with Crippen LogP contribution >= 0.6 is 11.3 Å². The van der Waals surface area contributed by atoms with Crippen molar-refractivity contribution in [3.05, 3.63) is 41.4 Å². The fourth-order valence-electron chi connectivity index (χ4n) is 2.38. The maximum atomic E-state index is 11.8. The van der Waals surface area contributed by atoms with Gasteiger partial charge in [-0.1, -0.05) is 30.3 Å².